The molecule has 0 aliphatic carbocycles. The molecule has 0 aliphatic rings. The first-order valence-corrected chi connectivity index (χ1v) is 6.13. The van der Waals surface area contributed by atoms with Crippen LogP contribution in [0, 0.1) is 12.8 Å². The van der Waals surface area contributed by atoms with Crippen LogP contribution in [0.5, 0.6) is 0 Å². The van der Waals surface area contributed by atoms with E-state index in [0.717, 1.165) is 12.1 Å². The van der Waals surface area contributed by atoms with E-state index in [-0.39, 0.29) is 11.8 Å². The lowest BCUT2D eigenvalue weighted by Crippen LogP contribution is -2.28. The fraction of sp³-hybridized carbons (Fsp3) is 0.500. The van der Waals surface area contributed by atoms with Crippen LogP contribution in [-0.2, 0) is 11.2 Å². The van der Waals surface area contributed by atoms with Crippen LogP contribution in [0.15, 0.2) is 18.2 Å². The van der Waals surface area contributed by atoms with Gasteiger partial charge in [0.2, 0.25) is 5.91 Å². The standard InChI is InChI=1S/C14H22N2O/c1-5-12-8-13(7-6-10(12)2)16-14(17)11(3)9-15-4/h6-8,11,15H,5,9H2,1-4H3,(H,16,17). The molecule has 1 aromatic rings. The van der Waals surface area contributed by atoms with Gasteiger partial charge in [0.15, 0.2) is 0 Å². The van der Waals surface area contributed by atoms with E-state index < -0.39 is 0 Å². The minimum absolute atomic E-state index is 0.0219. The van der Waals surface area contributed by atoms with E-state index in [0.29, 0.717) is 6.54 Å². The van der Waals surface area contributed by atoms with Crippen LogP contribution in [0.25, 0.3) is 0 Å². The average Bonchev–Trinajstić information content (AvgIpc) is 2.31. The highest BCUT2D eigenvalue weighted by Gasteiger charge is 2.12. The van der Waals surface area contributed by atoms with E-state index in [2.05, 4.69) is 36.6 Å². The highest BCUT2D eigenvalue weighted by Crippen LogP contribution is 2.16. The normalized spacial score (nSPS) is 12.2. The molecule has 0 aliphatic heterocycles. The van der Waals surface area contributed by atoms with Crippen LogP contribution in [0.4, 0.5) is 5.69 Å². The van der Waals surface area contributed by atoms with Gasteiger partial charge in [-0.2, -0.15) is 0 Å². The summed E-state index contributed by atoms with van der Waals surface area (Å²) in [7, 11) is 1.85. The SMILES string of the molecule is CCc1cc(NC(=O)C(C)CNC)ccc1C. The molecule has 2 N–H and O–H groups in total. The molecule has 0 bridgehead atoms. The highest BCUT2D eigenvalue weighted by molar-refractivity contribution is 5.92. The average molecular weight is 234 g/mol. The molecule has 1 rings (SSSR count). The predicted octanol–water partition coefficient (Wildman–Crippen LogP) is 2.35. The molecular formula is C14H22N2O. The molecule has 94 valence electrons. The molecule has 1 amide bonds. The molecule has 3 heteroatoms. The second-order valence-electron chi connectivity index (χ2n) is 4.44. The Morgan fingerprint density at radius 3 is 2.71 bits per heavy atom. The van der Waals surface area contributed by atoms with Gasteiger partial charge in [0.1, 0.15) is 0 Å². The van der Waals surface area contributed by atoms with Crippen molar-refractivity contribution in [3.05, 3.63) is 29.3 Å². The number of rotatable bonds is 5. The number of hydrogen-bond donors (Lipinski definition) is 2. The molecule has 0 saturated heterocycles. The minimum atomic E-state index is -0.0219. The lowest BCUT2D eigenvalue weighted by Gasteiger charge is -2.13. The topological polar surface area (TPSA) is 41.1 Å². The molecule has 0 fully saturated rings. The van der Waals surface area contributed by atoms with Crippen LogP contribution in [0.3, 0.4) is 0 Å². The minimum Gasteiger partial charge on any atom is -0.326 e. The lowest BCUT2D eigenvalue weighted by molar-refractivity contribution is -0.119. The van der Waals surface area contributed by atoms with Crippen LogP contribution >= 0.6 is 0 Å². The highest BCUT2D eigenvalue weighted by atomic mass is 16.1. The Hall–Kier alpha value is -1.35. The summed E-state index contributed by atoms with van der Waals surface area (Å²) in [6, 6.07) is 6.06. The summed E-state index contributed by atoms with van der Waals surface area (Å²) in [5.41, 5.74) is 3.44. The first-order chi connectivity index (χ1) is 8.08. The van der Waals surface area contributed by atoms with Crippen LogP contribution in [-0.4, -0.2) is 19.5 Å². The Labute approximate surface area is 104 Å². The number of nitrogens with one attached hydrogen (secondary N) is 2. The Bertz CT molecular complexity index is 388. The van der Waals surface area contributed by atoms with Gasteiger partial charge < -0.3 is 10.6 Å². The maximum absolute atomic E-state index is 11.8. The molecular weight excluding hydrogens is 212 g/mol. The summed E-state index contributed by atoms with van der Waals surface area (Å²) in [4.78, 5) is 11.8. The Morgan fingerprint density at radius 2 is 2.12 bits per heavy atom. The summed E-state index contributed by atoms with van der Waals surface area (Å²) in [6.45, 7) is 6.82. The lowest BCUT2D eigenvalue weighted by atomic mass is 10.1. The van der Waals surface area contributed by atoms with Gasteiger partial charge in [0.05, 0.1) is 0 Å². The third-order valence-electron chi connectivity index (χ3n) is 2.96. The molecule has 3 nitrogen and oxygen atoms in total. The largest absolute Gasteiger partial charge is 0.326 e. The second-order valence-corrected chi connectivity index (χ2v) is 4.44. The van der Waals surface area contributed by atoms with Crippen LogP contribution < -0.4 is 10.6 Å². The number of carbonyl (C=O) groups excluding carboxylic acids is 1. The Morgan fingerprint density at radius 1 is 1.41 bits per heavy atom. The fourth-order valence-electron chi connectivity index (χ4n) is 1.79. The van der Waals surface area contributed by atoms with E-state index in [9.17, 15) is 4.79 Å². The van der Waals surface area contributed by atoms with Crippen molar-refractivity contribution in [2.75, 3.05) is 18.9 Å². The number of anilines is 1. The molecule has 1 atom stereocenters. The molecule has 0 spiro atoms. The van der Waals surface area contributed by atoms with Gasteiger partial charge >= 0.3 is 0 Å². The van der Waals surface area contributed by atoms with Crippen molar-refractivity contribution in [2.24, 2.45) is 5.92 Å². The van der Waals surface area contributed by atoms with Gasteiger partial charge in [-0.3, -0.25) is 4.79 Å². The molecule has 1 aromatic carbocycles. The third-order valence-corrected chi connectivity index (χ3v) is 2.96. The monoisotopic (exact) mass is 234 g/mol. The van der Waals surface area contributed by atoms with Crippen molar-refractivity contribution in [3.63, 3.8) is 0 Å². The first kappa shape index (κ1) is 13.7. The molecule has 1 unspecified atom stereocenters. The number of benzene rings is 1. The summed E-state index contributed by atoms with van der Waals surface area (Å²) in [6.07, 6.45) is 0.988. The van der Waals surface area contributed by atoms with Crippen molar-refractivity contribution in [3.8, 4) is 0 Å². The third kappa shape index (κ3) is 3.86. The fourth-order valence-corrected chi connectivity index (χ4v) is 1.79. The van der Waals surface area contributed by atoms with E-state index in [1.54, 1.807) is 0 Å². The quantitative estimate of drug-likeness (QED) is 0.821. The molecule has 0 heterocycles. The van der Waals surface area contributed by atoms with Gasteiger partial charge in [0.25, 0.3) is 0 Å². The van der Waals surface area contributed by atoms with Gasteiger partial charge in [0, 0.05) is 18.2 Å². The van der Waals surface area contributed by atoms with Crippen molar-refractivity contribution >= 4 is 11.6 Å². The Kier molecular flexibility index (Phi) is 5.16. The zero-order valence-corrected chi connectivity index (χ0v) is 11.1. The molecule has 17 heavy (non-hydrogen) atoms. The molecule has 0 radical (unpaired) electrons. The molecule has 0 saturated carbocycles. The number of amides is 1. The number of carbonyl (C=O) groups is 1. The van der Waals surface area contributed by atoms with Crippen molar-refractivity contribution in [1.29, 1.82) is 0 Å². The maximum atomic E-state index is 11.8. The zero-order chi connectivity index (χ0) is 12.8. The van der Waals surface area contributed by atoms with Crippen molar-refractivity contribution < 1.29 is 4.79 Å². The summed E-state index contributed by atoms with van der Waals surface area (Å²) < 4.78 is 0. The van der Waals surface area contributed by atoms with Gasteiger partial charge in [-0.05, 0) is 43.7 Å². The summed E-state index contributed by atoms with van der Waals surface area (Å²) >= 11 is 0. The second kappa shape index (κ2) is 6.40. The van der Waals surface area contributed by atoms with Gasteiger partial charge in [-0.1, -0.05) is 19.9 Å². The number of hydrogen-bond acceptors (Lipinski definition) is 2. The maximum Gasteiger partial charge on any atom is 0.228 e. The van der Waals surface area contributed by atoms with Gasteiger partial charge in [-0.25, -0.2) is 0 Å². The van der Waals surface area contributed by atoms with Crippen molar-refractivity contribution in [1.82, 2.24) is 5.32 Å². The van der Waals surface area contributed by atoms with Crippen LogP contribution in [0.1, 0.15) is 25.0 Å². The summed E-state index contributed by atoms with van der Waals surface area (Å²) in [5.74, 6) is 0.0386. The summed E-state index contributed by atoms with van der Waals surface area (Å²) in [5, 5.41) is 5.95. The Balaban J connectivity index is 2.71. The van der Waals surface area contributed by atoms with E-state index in [1.807, 2.05) is 20.0 Å². The zero-order valence-electron chi connectivity index (χ0n) is 11.1. The van der Waals surface area contributed by atoms with Gasteiger partial charge in [-0.15, -0.1) is 0 Å². The molecule has 0 aromatic heterocycles. The number of aryl methyl sites for hydroxylation is 2. The van der Waals surface area contributed by atoms with E-state index in [4.69, 9.17) is 0 Å². The van der Waals surface area contributed by atoms with Crippen molar-refractivity contribution in [2.45, 2.75) is 27.2 Å². The van der Waals surface area contributed by atoms with Crippen LogP contribution in [0.2, 0.25) is 0 Å². The van der Waals surface area contributed by atoms with E-state index in [1.165, 1.54) is 11.1 Å². The van der Waals surface area contributed by atoms with E-state index >= 15 is 0 Å². The predicted molar refractivity (Wildman–Crippen MR) is 72.3 cm³/mol. The smallest absolute Gasteiger partial charge is 0.228 e. The first-order valence-electron chi connectivity index (χ1n) is 6.13.